The lowest BCUT2D eigenvalue weighted by Gasteiger charge is -2.36. The van der Waals surface area contributed by atoms with Gasteiger partial charge >= 0.3 is 6.09 Å². The lowest BCUT2D eigenvalue weighted by molar-refractivity contribution is 0.0397. The summed E-state index contributed by atoms with van der Waals surface area (Å²) in [5, 5.41) is 6.52. The number of ether oxygens (including phenoxy) is 2. The van der Waals surface area contributed by atoms with Crippen molar-refractivity contribution in [3.63, 3.8) is 0 Å². The Morgan fingerprint density at radius 2 is 1.95 bits per heavy atom. The molecule has 1 aliphatic carbocycles. The normalized spacial score (nSPS) is 31.6. The highest BCUT2D eigenvalue weighted by atomic mass is 16.6. The van der Waals surface area contributed by atoms with E-state index in [2.05, 4.69) is 10.6 Å². The highest BCUT2D eigenvalue weighted by Crippen LogP contribution is 2.28. The molecule has 5 heteroatoms. The molecule has 2 fully saturated rings. The minimum atomic E-state index is -0.426. The number of nitrogens with one attached hydrogen (secondary N) is 2. The minimum absolute atomic E-state index is 0.255. The topological polar surface area (TPSA) is 59.6 Å². The summed E-state index contributed by atoms with van der Waals surface area (Å²) >= 11 is 0. The fourth-order valence-corrected chi connectivity index (χ4v) is 3.03. The molecule has 1 saturated carbocycles. The van der Waals surface area contributed by atoms with Gasteiger partial charge in [-0.25, -0.2) is 4.79 Å². The average Bonchev–Trinajstić information content (AvgIpc) is 2.38. The lowest BCUT2D eigenvalue weighted by Crippen LogP contribution is -2.48. The summed E-state index contributed by atoms with van der Waals surface area (Å²) in [4.78, 5) is 11.7. The molecule has 0 aromatic carbocycles. The van der Waals surface area contributed by atoms with Crippen molar-refractivity contribution in [2.75, 3.05) is 19.8 Å². The molecule has 20 heavy (non-hydrogen) atoms. The van der Waals surface area contributed by atoms with Gasteiger partial charge in [-0.3, -0.25) is 0 Å². The van der Waals surface area contributed by atoms with E-state index in [0.29, 0.717) is 12.0 Å². The summed E-state index contributed by atoms with van der Waals surface area (Å²) in [6, 6.07) is 0.747. The van der Waals surface area contributed by atoms with E-state index in [0.717, 1.165) is 45.4 Å². The zero-order chi connectivity index (χ0) is 14.6. The maximum Gasteiger partial charge on any atom is 0.407 e. The molecule has 1 saturated heterocycles. The molecule has 0 aromatic heterocycles. The molecule has 1 amide bonds. The van der Waals surface area contributed by atoms with Crippen molar-refractivity contribution in [1.29, 1.82) is 0 Å². The molecule has 0 bridgehead atoms. The van der Waals surface area contributed by atoms with Crippen molar-refractivity contribution in [3.8, 4) is 0 Å². The van der Waals surface area contributed by atoms with Gasteiger partial charge in [0, 0.05) is 18.6 Å². The van der Waals surface area contributed by atoms with Crippen LogP contribution in [0.1, 0.15) is 46.5 Å². The lowest BCUT2D eigenvalue weighted by atomic mass is 9.81. The minimum Gasteiger partial charge on any atom is -0.444 e. The highest BCUT2D eigenvalue weighted by Gasteiger charge is 2.30. The molecule has 116 valence electrons. The Hall–Kier alpha value is -0.810. The summed E-state index contributed by atoms with van der Waals surface area (Å²) in [6.07, 6.45) is 4.05. The third kappa shape index (κ3) is 4.94. The van der Waals surface area contributed by atoms with Crippen molar-refractivity contribution < 1.29 is 14.3 Å². The largest absolute Gasteiger partial charge is 0.444 e. The number of morpholine rings is 1. The third-order valence-electron chi connectivity index (χ3n) is 4.01. The Balaban J connectivity index is 1.70. The van der Waals surface area contributed by atoms with Crippen LogP contribution < -0.4 is 10.6 Å². The van der Waals surface area contributed by atoms with Gasteiger partial charge in [-0.2, -0.15) is 0 Å². The standard InChI is InChI=1S/C15H28N2O3/c1-15(2,3)20-14(18)17-12-6-4-11(5-7-12)13-10-19-9-8-16-13/h11-13,16H,4-10H2,1-3H3,(H,17,18). The molecule has 2 aliphatic rings. The monoisotopic (exact) mass is 284 g/mol. The van der Waals surface area contributed by atoms with Crippen LogP contribution in [0, 0.1) is 5.92 Å². The van der Waals surface area contributed by atoms with E-state index in [1.54, 1.807) is 0 Å². The van der Waals surface area contributed by atoms with Crippen molar-refractivity contribution in [2.45, 2.75) is 64.1 Å². The van der Waals surface area contributed by atoms with Crippen LogP contribution in [0.3, 0.4) is 0 Å². The summed E-state index contributed by atoms with van der Waals surface area (Å²) in [6.45, 7) is 8.27. The van der Waals surface area contributed by atoms with Gasteiger partial charge in [0.15, 0.2) is 0 Å². The second kappa shape index (κ2) is 6.76. The quantitative estimate of drug-likeness (QED) is 0.815. The average molecular weight is 284 g/mol. The van der Waals surface area contributed by atoms with Crippen LogP contribution in [0.15, 0.2) is 0 Å². The maximum absolute atomic E-state index is 11.7. The molecule has 1 unspecified atom stereocenters. The molecule has 0 radical (unpaired) electrons. The first-order chi connectivity index (χ1) is 9.44. The van der Waals surface area contributed by atoms with Gasteiger partial charge in [-0.15, -0.1) is 0 Å². The zero-order valence-corrected chi connectivity index (χ0v) is 12.9. The number of carbonyl (C=O) groups excluding carboxylic acids is 1. The van der Waals surface area contributed by atoms with Crippen LogP contribution in [0.4, 0.5) is 4.79 Å². The smallest absolute Gasteiger partial charge is 0.407 e. The van der Waals surface area contributed by atoms with E-state index in [9.17, 15) is 4.79 Å². The molecule has 0 aromatic rings. The number of carbonyl (C=O) groups is 1. The highest BCUT2D eigenvalue weighted by molar-refractivity contribution is 5.68. The number of rotatable bonds is 2. The van der Waals surface area contributed by atoms with Gasteiger partial charge in [0.1, 0.15) is 5.60 Å². The third-order valence-corrected chi connectivity index (χ3v) is 4.01. The van der Waals surface area contributed by atoms with E-state index < -0.39 is 5.60 Å². The van der Waals surface area contributed by atoms with Gasteiger partial charge in [0.25, 0.3) is 0 Å². The van der Waals surface area contributed by atoms with Gasteiger partial charge < -0.3 is 20.1 Å². The summed E-state index contributed by atoms with van der Waals surface area (Å²) in [5.41, 5.74) is -0.426. The van der Waals surface area contributed by atoms with Crippen molar-refractivity contribution in [3.05, 3.63) is 0 Å². The molecule has 2 rings (SSSR count). The van der Waals surface area contributed by atoms with Gasteiger partial charge in [0.05, 0.1) is 13.2 Å². The van der Waals surface area contributed by atoms with Crippen LogP contribution in [0.5, 0.6) is 0 Å². The first-order valence-electron chi connectivity index (χ1n) is 7.75. The van der Waals surface area contributed by atoms with E-state index in [-0.39, 0.29) is 12.1 Å². The first-order valence-corrected chi connectivity index (χ1v) is 7.75. The SMILES string of the molecule is CC(C)(C)OC(=O)NC1CCC(C2COCCN2)CC1. The predicted molar refractivity (Wildman–Crippen MR) is 77.7 cm³/mol. The van der Waals surface area contributed by atoms with Crippen LogP contribution in [0.2, 0.25) is 0 Å². The Labute approximate surface area is 121 Å². The van der Waals surface area contributed by atoms with Gasteiger partial charge in [-0.1, -0.05) is 0 Å². The van der Waals surface area contributed by atoms with Crippen LogP contribution in [-0.4, -0.2) is 43.5 Å². The number of amides is 1. The molecule has 1 atom stereocenters. The van der Waals surface area contributed by atoms with E-state index in [1.807, 2.05) is 20.8 Å². The van der Waals surface area contributed by atoms with Gasteiger partial charge in [-0.05, 0) is 52.4 Å². The predicted octanol–water partition coefficient (Wildman–Crippen LogP) is 2.06. The first kappa shape index (κ1) is 15.6. The zero-order valence-electron chi connectivity index (χ0n) is 12.9. The molecule has 2 N–H and O–H groups in total. The number of hydrogen-bond acceptors (Lipinski definition) is 4. The van der Waals surface area contributed by atoms with E-state index in [4.69, 9.17) is 9.47 Å². The number of hydrogen-bond donors (Lipinski definition) is 2. The van der Waals surface area contributed by atoms with Crippen molar-refractivity contribution >= 4 is 6.09 Å². The van der Waals surface area contributed by atoms with Crippen LogP contribution in [0.25, 0.3) is 0 Å². The summed E-state index contributed by atoms with van der Waals surface area (Å²) < 4.78 is 10.8. The molecule has 1 heterocycles. The molecular weight excluding hydrogens is 256 g/mol. The van der Waals surface area contributed by atoms with E-state index >= 15 is 0 Å². The van der Waals surface area contributed by atoms with Crippen molar-refractivity contribution in [1.82, 2.24) is 10.6 Å². The van der Waals surface area contributed by atoms with E-state index in [1.165, 1.54) is 0 Å². The fraction of sp³-hybridized carbons (Fsp3) is 0.933. The second-order valence-electron chi connectivity index (χ2n) is 6.89. The number of alkyl carbamates (subject to hydrolysis) is 1. The Bertz CT molecular complexity index is 314. The molecule has 0 spiro atoms. The van der Waals surface area contributed by atoms with Gasteiger partial charge in [0.2, 0.25) is 0 Å². The Morgan fingerprint density at radius 3 is 2.50 bits per heavy atom. The van der Waals surface area contributed by atoms with Crippen LogP contribution >= 0.6 is 0 Å². The Kier molecular flexibility index (Phi) is 5.27. The Morgan fingerprint density at radius 1 is 1.25 bits per heavy atom. The molecule has 1 aliphatic heterocycles. The summed E-state index contributed by atoms with van der Waals surface area (Å²) in [5.74, 6) is 0.673. The second-order valence-corrected chi connectivity index (χ2v) is 6.89. The summed E-state index contributed by atoms with van der Waals surface area (Å²) in [7, 11) is 0. The van der Waals surface area contributed by atoms with Crippen LogP contribution in [-0.2, 0) is 9.47 Å². The maximum atomic E-state index is 11.7. The fourth-order valence-electron chi connectivity index (χ4n) is 3.03. The molecular formula is C15H28N2O3. The van der Waals surface area contributed by atoms with Crippen molar-refractivity contribution in [2.24, 2.45) is 5.92 Å². The molecule has 5 nitrogen and oxygen atoms in total.